The minimum absolute atomic E-state index is 0.00393. The molecule has 2 aromatic heterocycles. The Kier molecular flexibility index (Phi) is 11.8. The molecule has 7 unspecified atom stereocenters. The lowest BCUT2D eigenvalue weighted by molar-refractivity contribution is -0.144. The van der Waals surface area contributed by atoms with Gasteiger partial charge in [0.25, 0.3) is 11.1 Å². The Bertz CT molecular complexity index is 1780. The first-order valence-electron chi connectivity index (χ1n) is 14.7. The zero-order chi connectivity index (χ0) is 35.2. The van der Waals surface area contributed by atoms with Crippen LogP contribution in [0.15, 0.2) is 41.8 Å². The van der Waals surface area contributed by atoms with Crippen LogP contribution >= 0.6 is 7.75 Å². The van der Waals surface area contributed by atoms with Crippen molar-refractivity contribution in [3.05, 3.63) is 86.1 Å². The molecule has 2 fully saturated rings. The molecule has 2 aliphatic heterocycles. The first-order valence-corrected chi connectivity index (χ1v) is 16.2. The van der Waals surface area contributed by atoms with Gasteiger partial charge in [-0.1, -0.05) is 10.2 Å². The van der Waals surface area contributed by atoms with E-state index in [9.17, 15) is 28.5 Å². The van der Waals surface area contributed by atoms with E-state index in [2.05, 4.69) is 35.1 Å². The molecule has 2 aromatic rings. The third-order valence-electron chi connectivity index (χ3n) is 7.53. The van der Waals surface area contributed by atoms with E-state index in [1.807, 2.05) is 0 Å². The van der Waals surface area contributed by atoms with Gasteiger partial charge in [0, 0.05) is 46.2 Å². The molecule has 2 saturated heterocycles. The molecule has 7 atom stereocenters. The van der Waals surface area contributed by atoms with E-state index in [0.717, 1.165) is 9.13 Å². The highest BCUT2D eigenvalue weighted by molar-refractivity contribution is 7.51. The number of hydrogen-bond donors (Lipinski definition) is 3. The molecule has 2 aliphatic rings. The van der Waals surface area contributed by atoms with Crippen molar-refractivity contribution in [3.8, 4) is 0 Å². The number of azide groups is 2. The second-order valence-electron chi connectivity index (χ2n) is 10.9. The molecule has 0 bridgehead atoms. The molecule has 0 amide bonds. The van der Waals surface area contributed by atoms with Crippen LogP contribution in [0, 0.1) is 13.8 Å². The molecule has 23 heteroatoms. The van der Waals surface area contributed by atoms with E-state index in [0.29, 0.717) is 0 Å². The predicted molar refractivity (Wildman–Crippen MR) is 164 cm³/mol. The first kappa shape index (κ1) is 36.3. The maximum atomic E-state index is 14.1. The number of aromatic amines is 2. The van der Waals surface area contributed by atoms with E-state index in [-0.39, 0.29) is 30.6 Å². The Morgan fingerprint density at radius 3 is 1.79 bits per heavy atom. The number of carbonyl (C=O) groups is 1. The van der Waals surface area contributed by atoms with Crippen molar-refractivity contribution in [1.82, 2.24) is 24.2 Å². The number of nitrogens with zero attached hydrogens (tertiary/aromatic N) is 8. The summed E-state index contributed by atoms with van der Waals surface area (Å²) in [5, 5.41) is 9.89. The molecule has 260 valence electrons. The number of nitrogens with one attached hydrogen (secondary N) is 3. The fourth-order valence-electron chi connectivity index (χ4n) is 5.06. The highest BCUT2D eigenvalue weighted by Gasteiger charge is 2.42. The van der Waals surface area contributed by atoms with Gasteiger partial charge in [-0.15, -0.1) is 0 Å². The third kappa shape index (κ3) is 8.49. The van der Waals surface area contributed by atoms with Gasteiger partial charge in [-0.3, -0.25) is 42.5 Å². The van der Waals surface area contributed by atoms with E-state index >= 15 is 0 Å². The van der Waals surface area contributed by atoms with Crippen molar-refractivity contribution >= 4 is 13.7 Å². The summed E-state index contributed by atoms with van der Waals surface area (Å²) in [6.45, 7) is 4.87. The number of esters is 1. The average molecular weight is 696 g/mol. The molecule has 0 aromatic carbocycles. The van der Waals surface area contributed by atoms with Gasteiger partial charge in [0.2, 0.25) is 0 Å². The van der Waals surface area contributed by atoms with Crippen molar-refractivity contribution in [1.29, 1.82) is 0 Å². The van der Waals surface area contributed by atoms with Crippen LogP contribution in [0.1, 0.15) is 50.3 Å². The number of H-pyrrole nitrogens is 2. The van der Waals surface area contributed by atoms with Gasteiger partial charge in [0.05, 0.1) is 44.1 Å². The highest BCUT2D eigenvalue weighted by Crippen LogP contribution is 2.47. The Labute approximate surface area is 270 Å². The van der Waals surface area contributed by atoms with Gasteiger partial charge in [0.1, 0.15) is 18.5 Å². The van der Waals surface area contributed by atoms with Crippen molar-refractivity contribution in [3.63, 3.8) is 0 Å². The van der Waals surface area contributed by atoms with Crippen molar-refractivity contribution in [2.45, 2.75) is 83.3 Å². The normalized spacial score (nSPS) is 25.4. The smallest absolute Gasteiger partial charge is 0.406 e. The maximum absolute atomic E-state index is 14.1. The summed E-state index contributed by atoms with van der Waals surface area (Å²) < 4.78 is 44.5. The maximum Gasteiger partial charge on any atom is 0.406 e. The van der Waals surface area contributed by atoms with Crippen LogP contribution in [-0.4, -0.2) is 75.2 Å². The number of aromatic nitrogens is 4. The summed E-state index contributed by atoms with van der Waals surface area (Å²) in [7, 11) is -4.49. The first-order chi connectivity index (χ1) is 22.8. The molecule has 4 rings (SSSR count). The predicted octanol–water partition coefficient (Wildman–Crippen LogP) is 1.32. The Morgan fingerprint density at radius 2 is 1.40 bits per heavy atom. The SMILES string of the molecule is CCOC(=O)C(C)NP(=O)(OCC1OC(n2cc(C)c(=O)[nH]c2=O)CC1N=[N+]=[N-])OCC1OC(n2cc(C)c(=O)[nH]c2=O)CC1N=[N+]=[N-]. The van der Waals surface area contributed by atoms with Crippen LogP contribution < -0.4 is 27.6 Å². The van der Waals surface area contributed by atoms with E-state index in [4.69, 9.17) is 34.3 Å². The summed E-state index contributed by atoms with van der Waals surface area (Å²) in [5.74, 6) is -0.779. The molecule has 0 aliphatic carbocycles. The van der Waals surface area contributed by atoms with E-state index in [1.54, 1.807) is 6.92 Å². The van der Waals surface area contributed by atoms with Gasteiger partial charge >= 0.3 is 25.1 Å². The lowest BCUT2D eigenvalue weighted by Crippen LogP contribution is -2.37. The van der Waals surface area contributed by atoms with Crippen LogP contribution in [0.25, 0.3) is 20.9 Å². The van der Waals surface area contributed by atoms with Crippen molar-refractivity contribution in [2.24, 2.45) is 10.2 Å². The zero-order valence-electron chi connectivity index (χ0n) is 26.2. The number of carbonyl (C=O) groups excluding carboxylic acids is 1. The monoisotopic (exact) mass is 695 g/mol. The second-order valence-corrected chi connectivity index (χ2v) is 12.7. The fourth-order valence-corrected chi connectivity index (χ4v) is 6.55. The number of ether oxygens (including phenoxy) is 3. The molecular weight excluding hydrogens is 661 g/mol. The van der Waals surface area contributed by atoms with Crippen LogP contribution in [0.2, 0.25) is 0 Å². The van der Waals surface area contributed by atoms with E-state index < -0.39 is 92.2 Å². The topological polar surface area (TPSA) is 300 Å². The molecule has 0 spiro atoms. The van der Waals surface area contributed by atoms with Crippen LogP contribution in [-0.2, 0) is 32.6 Å². The van der Waals surface area contributed by atoms with Crippen molar-refractivity contribution < 1.29 is 32.6 Å². The summed E-state index contributed by atoms with van der Waals surface area (Å²) in [6.07, 6.45) is -1.55. The summed E-state index contributed by atoms with van der Waals surface area (Å²) in [5.41, 5.74) is 16.0. The molecule has 22 nitrogen and oxygen atoms in total. The van der Waals surface area contributed by atoms with Gasteiger partial charge in [-0.25, -0.2) is 19.2 Å². The molecule has 0 saturated carbocycles. The quantitative estimate of drug-likeness (QED) is 0.0829. The van der Waals surface area contributed by atoms with Gasteiger partial charge in [-0.05, 0) is 38.8 Å². The minimum atomic E-state index is -4.49. The summed E-state index contributed by atoms with van der Waals surface area (Å²) >= 11 is 0. The molecule has 4 heterocycles. The number of hydrogen-bond acceptors (Lipinski definition) is 13. The standard InChI is InChI=1S/C25H34N11O11P/c1-5-43-23(39)14(4)32-48(42,44-10-17-15(30-33-26)6-19(46-17)35-8-12(2)21(37)28-24(35)40)45-11-18-16(31-34-27)7-20(47-18)36-9-13(3)22(38)29-25(36)41/h8-9,14-20H,5-7,10-11H2,1-4H3,(H,32,42)(H,28,37,40)(H,29,38,41). The zero-order valence-corrected chi connectivity index (χ0v) is 27.1. The minimum Gasteiger partial charge on any atom is -0.465 e. The Morgan fingerprint density at radius 1 is 0.958 bits per heavy atom. The second kappa shape index (κ2) is 15.6. The highest BCUT2D eigenvalue weighted by atomic mass is 31.2. The average Bonchev–Trinajstić information content (AvgIpc) is 3.63. The van der Waals surface area contributed by atoms with Crippen LogP contribution in [0.3, 0.4) is 0 Å². The molecule has 48 heavy (non-hydrogen) atoms. The van der Waals surface area contributed by atoms with Gasteiger partial charge in [0.15, 0.2) is 0 Å². The van der Waals surface area contributed by atoms with E-state index in [1.165, 1.54) is 33.2 Å². The largest absolute Gasteiger partial charge is 0.465 e. The summed E-state index contributed by atoms with van der Waals surface area (Å²) in [4.78, 5) is 70.9. The van der Waals surface area contributed by atoms with Crippen molar-refractivity contribution in [2.75, 3.05) is 19.8 Å². The fraction of sp³-hybridized carbons (Fsp3) is 0.640. The number of aryl methyl sites for hydroxylation is 2. The van der Waals surface area contributed by atoms with Gasteiger partial charge in [-0.2, -0.15) is 0 Å². The van der Waals surface area contributed by atoms with Crippen LogP contribution in [0.4, 0.5) is 0 Å². The lowest BCUT2D eigenvalue weighted by atomic mass is 10.1. The lowest BCUT2D eigenvalue weighted by Gasteiger charge is -2.26. The third-order valence-corrected chi connectivity index (χ3v) is 9.21. The number of rotatable bonds is 14. The molecule has 3 N–H and O–H groups in total. The summed E-state index contributed by atoms with van der Waals surface area (Å²) in [6, 6.07) is -3.04. The van der Waals surface area contributed by atoms with Gasteiger partial charge < -0.3 is 14.2 Å². The molecular formula is C25H34N11O11P. The molecule has 0 radical (unpaired) electrons. The Balaban J connectivity index is 1.55. The Hall–Kier alpha value is -4.52. The van der Waals surface area contributed by atoms with Crippen LogP contribution in [0.5, 0.6) is 0 Å².